The van der Waals surface area contributed by atoms with Crippen LogP contribution in [0.3, 0.4) is 0 Å². The number of nitrogens with zero attached hydrogens (tertiary/aromatic N) is 2. The zero-order valence-electron chi connectivity index (χ0n) is 17.7. The highest BCUT2D eigenvalue weighted by atomic mass is 31.2. The second-order valence-electron chi connectivity index (χ2n) is 6.98. The minimum absolute atomic E-state index is 0.677. The number of aromatic nitrogens is 2. The van der Waals surface area contributed by atoms with E-state index < -0.39 is 8.38 Å². The fraction of sp³-hybridized carbons (Fsp3) is 0.292. The van der Waals surface area contributed by atoms with E-state index in [9.17, 15) is 0 Å². The summed E-state index contributed by atoms with van der Waals surface area (Å²) in [6, 6.07) is 19.0. The van der Waals surface area contributed by atoms with E-state index in [1.165, 1.54) is 11.1 Å². The third-order valence-electron chi connectivity index (χ3n) is 5.05. The molecule has 2 aromatic carbocycles. The van der Waals surface area contributed by atoms with Crippen LogP contribution in [0.2, 0.25) is 0 Å². The SMILES string of the molecule is CCOP(Cc1ccc(Cn2c3ccc(OC)cc3c3ncccc32)cc1)OCC. The van der Waals surface area contributed by atoms with Crippen LogP contribution in [0.4, 0.5) is 0 Å². The van der Waals surface area contributed by atoms with Crippen LogP contribution in [0.5, 0.6) is 5.75 Å². The summed E-state index contributed by atoms with van der Waals surface area (Å²) in [5.74, 6) is 0.844. The van der Waals surface area contributed by atoms with Crippen LogP contribution in [-0.4, -0.2) is 29.9 Å². The quantitative estimate of drug-likeness (QED) is 0.304. The van der Waals surface area contributed by atoms with E-state index in [1.807, 2.05) is 32.2 Å². The third kappa shape index (κ3) is 4.34. The van der Waals surface area contributed by atoms with Crippen LogP contribution < -0.4 is 4.74 Å². The predicted molar refractivity (Wildman–Crippen MR) is 123 cm³/mol. The Bertz CT molecular complexity index is 1120. The second-order valence-corrected chi connectivity index (χ2v) is 8.48. The van der Waals surface area contributed by atoms with Crippen LogP contribution in [-0.2, 0) is 21.8 Å². The first-order valence-corrected chi connectivity index (χ1v) is 11.6. The largest absolute Gasteiger partial charge is 0.497 e. The molecule has 30 heavy (non-hydrogen) atoms. The van der Waals surface area contributed by atoms with E-state index in [4.69, 9.17) is 13.8 Å². The first kappa shape index (κ1) is 20.8. The molecule has 0 radical (unpaired) electrons. The molecule has 4 aromatic rings. The molecule has 0 fully saturated rings. The van der Waals surface area contributed by atoms with E-state index in [1.54, 1.807) is 7.11 Å². The van der Waals surface area contributed by atoms with Gasteiger partial charge in [0.15, 0.2) is 8.38 Å². The average Bonchev–Trinajstić information content (AvgIpc) is 3.08. The lowest BCUT2D eigenvalue weighted by atomic mass is 10.1. The molecular formula is C24H27N2O3P. The number of benzene rings is 2. The molecule has 0 atom stereocenters. The number of hydrogen-bond acceptors (Lipinski definition) is 4. The Balaban J connectivity index is 1.62. The highest BCUT2D eigenvalue weighted by Gasteiger charge is 2.14. The molecule has 0 aliphatic carbocycles. The zero-order valence-corrected chi connectivity index (χ0v) is 18.6. The molecule has 4 rings (SSSR count). The molecule has 2 aromatic heterocycles. The number of fused-ring (bicyclic) bond motifs is 3. The number of methoxy groups -OCH3 is 1. The molecule has 0 saturated heterocycles. The van der Waals surface area contributed by atoms with E-state index in [0.29, 0.717) is 13.2 Å². The smallest absolute Gasteiger partial charge is 0.175 e. The van der Waals surface area contributed by atoms with Crippen molar-refractivity contribution in [3.63, 3.8) is 0 Å². The van der Waals surface area contributed by atoms with E-state index in [0.717, 1.165) is 40.4 Å². The van der Waals surface area contributed by atoms with Gasteiger partial charge in [0.05, 0.1) is 36.9 Å². The lowest BCUT2D eigenvalue weighted by Crippen LogP contribution is -2.00. The van der Waals surface area contributed by atoms with Gasteiger partial charge in [-0.05, 0) is 55.3 Å². The van der Waals surface area contributed by atoms with E-state index >= 15 is 0 Å². The Hall–Kier alpha value is -2.46. The van der Waals surface area contributed by atoms with Gasteiger partial charge in [-0.25, -0.2) is 0 Å². The Morgan fingerprint density at radius 3 is 2.33 bits per heavy atom. The van der Waals surface area contributed by atoms with Crippen molar-refractivity contribution in [1.29, 1.82) is 0 Å². The summed E-state index contributed by atoms with van der Waals surface area (Å²) in [7, 11) is 0.828. The van der Waals surface area contributed by atoms with Crippen molar-refractivity contribution >= 4 is 30.3 Å². The summed E-state index contributed by atoms with van der Waals surface area (Å²) in [5.41, 5.74) is 5.77. The van der Waals surface area contributed by atoms with Crippen LogP contribution in [0.25, 0.3) is 21.9 Å². The van der Waals surface area contributed by atoms with Crippen molar-refractivity contribution in [2.24, 2.45) is 0 Å². The van der Waals surface area contributed by atoms with Gasteiger partial charge < -0.3 is 18.4 Å². The topological polar surface area (TPSA) is 45.5 Å². The zero-order chi connectivity index (χ0) is 20.9. The number of ether oxygens (including phenoxy) is 1. The Morgan fingerprint density at radius 2 is 1.63 bits per heavy atom. The molecule has 5 nitrogen and oxygen atoms in total. The lowest BCUT2D eigenvalue weighted by molar-refractivity contribution is 0.268. The molecule has 6 heteroatoms. The maximum Gasteiger partial charge on any atom is 0.175 e. The van der Waals surface area contributed by atoms with Crippen LogP contribution >= 0.6 is 8.38 Å². The molecule has 0 amide bonds. The highest BCUT2D eigenvalue weighted by Crippen LogP contribution is 2.42. The predicted octanol–water partition coefficient (Wildman–Crippen LogP) is 6.13. The fourth-order valence-electron chi connectivity index (χ4n) is 3.69. The number of hydrogen-bond donors (Lipinski definition) is 0. The van der Waals surface area contributed by atoms with Gasteiger partial charge in [0.1, 0.15) is 5.75 Å². The first-order chi connectivity index (χ1) is 14.7. The highest BCUT2D eigenvalue weighted by molar-refractivity contribution is 7.46. The summed E-state index contributed by atoms with van der Waals surface area (Å²) in [4.78, 5) is 4.63. The Labute approximate surface area is 178 Å². The molecule has 0 unspecified atom stereocenters. The normalized spacial score (nSPS) is 11.6. The van der Waals surface area contributed by atoms with Gasteiger partial charge >= 0.3 is 0 Å². The molecule has 0 spiro atoms. The summed E-state index contributed by atoms with van der Waals surface area (Å²) in [5, 5.41) is 1.11. The number of rotatable bonds is 9. The van der Waals surface area contributed by atoms with Gasteiger partial charge in [-0.3, -0.25) is 4.98 Å². The van der Waals surface area contributed by atoms with Gasteiger partial charge in [-0.1, -0.05) is 24.3 Å². The third-order valence-corrected chi connectivity index (χ3v) is 6.76. The molecule has 156 valence electrons. The Kier molecular flexibility index (Phi) is 6.63. The molecule has 0 bridgehead atoms. The van der Waals surface area contributed by atoms with Crippen molar-refractivity contribution < 1.29 is 13.8 Å². The molecule has 0 aliphatic heterocycles. The fourth-order valence-corrected chi connectivity index (χ4v) is 5.03. The maximum atomic E-state index is 5.74. The molecule has 0 saturated carbocycles. The minimum atomic E-state index is -0.865. The van der Waals surface area contributed by atoms with Crippen molar-refractivity contribution in [3.05, 3.63) is 71.9 Å². The standard InChI is InChI=1S/C24H27N2O3P/c1-4-28-30(29-5-2)17-19-10-8-18(9-11-19)16-26-22-13-12-20(27-3)15-21(22)24-23(26)7-6-14-25-24/h6-15H,4-5,16-17H2,1-3H3. The molecular weight excluding hydrogens is 395 g/mol. The van der Waals surface area contributed by atoms with Gasteiger partial charge in [-0.2, -0.15) is 0 Å². The van der Waals surface area contributed by atoms with Crippen LogP contribution in [0.15, 0.2) is 60.8 Å². The van der Waals surface area contributed by atoms with Gasteiger partial charge in [0, 0.05) is 24.3 Å². The van der Waals surface area contributed by atoms with E-state index in [2.05, 4.69) is 52.0 Å². The van der Waals surface area contributed by atoms with Gasteiger partial charge in [-0.15, -0.1) is 0 Å². The number of pyridine rings is 1. The van der Waals surface area contributed by atoms with Crippen molar-refractivity contribution in [1.82, 2.24) is 9.55 Å². The lowest BCUT2D eigenvalue weighted by Gasteiger charge is -2.16. The molecule has 0 N–H and O–H groups in total. The van der Waals surface area contributed by atoms with Gasteiger partial charge in [0.2, 0.25) is 0 Å². The van der Waals surface area contributed by atoms with Crippen LogP contribution in [0, 0.1) is 0 Å². The second kappa shape index (κ2) is 9.57. The van der Waals surface area contributed by atoms with Crippen molar-refractivity contribution in [3.8, 4) is 5.75 Å². The Morgan fingerprint density at radius 1 is 0.900 bits per heavy atom. The van der Waals surface area contributed by atoms with E-state index in [-0.39, 0.29) is 0 Å². The summed E-state index contributed by atoms with van der Waals surface area (Å²) >= 11 is 0. The maximum absolute atomic E-state index is 5.74. The summed E-state index contributed by atoms with van der Waals surface area (Å²) in [6.07, 6.45) is 2.66. The van der Waals surface area contributed by atoms with Crippen LogP contribution in [0.1, 0.15) is 25.0 Å². The first-order valence-electron chi connectivity index (χ1n) is 10.3. The average molecular weight is 422 g/mol. The van der Waals surface area contributed by atoms with Crippen molar-refractivity contribution in [2.75, 3.05) is 20.3 Å². The molecule has 0 aliphatic rings. The van der Waals surface area contributed by atoms with Gasteiger partial charge in [0.25, 0.3) is 0 Å². The van der Waals surface area contributed by atoms with Crippen molar-refractivity contribution in [2.45, 2.75) is 26.6 Å². The summed E-state index contributed by atoms with van der Waals surface area (Å²) in [6.45, 7) is 6.15. The molecule has 2 heterocycles. The minimum Gasteiger partial charge on any atom is -0.497 e. The summed E-state index contributed by atoms with van der Waals surface area (Å²) < 4.78 is 19.2. The monoisotopic (exact) mass is 422 g/mol.